The molecular formula is C7H2ClF5N2O3S. The smallest absolute Gasteiger partial charge is 0.471 e. The SMILES string of the molecule is O=C(Nc1nc(C(F)(F)C(=O)O)c(Cl)s1)C(F)(F)F. The second-order valence-corrected chi connectivity index (χ2v) is 4.57. The Morgan fingerprint density at radius 2 is 1.79 bits per heavy atom. The molecule has 1 rings (SSSR count). The van der Waals surface area contributed by atoms with Crippen LogP contribution in [0, 0.1) is 0 Å². The predicted octanol–water partition coefficient (Wildman–Crippen LogP) is 2.47. The monoisotopic (exact) mass is 324 g/mol. The van der Waals surface area contributed by atoms with Crippen LogP contribution in [0.15, 0.2) is 0 Å². The van der Waals surface area contributed by atoms with Crippen LogP contribution in [0.2, 0.25) is 4.34 Å². The topological polar surface area (TPSA) is 79.3 Å². The average molecular weight is 325 g/mol. The highest BCUT2D eigenvalue weighted by Crippen LogP contribution is 2.38. The van der Waals surface area contributed by atoms with Crippen molar-refractivity contribution in [3.05, 3.63) is 10.0 Å². The van der Waals surface area contributed by atoms with Gasteiger partial charge in [-0.2, -0.15) is 22.0 Å². The van der Waals surface area contributed by atoms with E-state index in [4.69, 9.17) is 16.7 Å². The molecule has 5 nitrogen and oxygen atoms in total. The van der Waals surface area contributed by atoms with Crippen LogP contribution in [0.25, 0.3) is 0 Å². The van der Waals surface area contributed by atoms with Gasteiger partial charge in [-0.05, 0) is 0 Å². The van der Waals surface area contributed by atoms with Gasteiger partial charge >= 0.3 is 24.0 Å². The van der Waals surface area contributed by atoms with Gasteiger partial charge in [-0.15, -0.1) is 0 Å². The summed E-state index contributed by atoms with van der Waals surface area (Å²) in [5.74, 6) is -9.49. The largest absolute Gasteiger partial charge is 0.476 e. The molecule has 1 aromatic heterocycles. The van der Waals surface area contributed by atoms with E-state index in [9.17, 15) is 31.5 Å². The van der Waals surface area contributed by atoms with E-state index < -0.39 is 39.1 Å². The van der Waals surface area contributed by atoms with Gasteiger partial charge < -0.3 is 5.11 Å². The molecule has 0 aromatic carbocycles. The lowest BCUT2D eigenvalue weighted by molar-refractivity contribution is -0.167. The summed E-state index contributed by atoms with van der Waals surface area (Å²) < 4.78 is 60.9. The number of halogens is 6. The summed E-state index contributed by atoms with van der Waals surface area (Å²) in [6.45, 7) is 0. The molecule has 1 amide bonds. The molecular weight excluding hydrogens is 323 g/mol. The van der Waals surface area contributed by atoms with Crippen molar-refractivity contribution in [3.8, 4) is 0 Å². The third-order valence-electron chi connectivity index (χ3n) is 1.63. The van der Waals surface area contributed by atoms with Crippen LogP contribution in [0.3, 0.4) is 0 Å². The number of carboxylic acids is 1. The average Bonchev–Trinajstić information content (AvgIpc) is 2.58. The number of carbonyl (C=O) groups excluding carboxylic acids is 1. The van der Waals surface area contributed by atoms with Gasteiger partial charge in [0.2, 0.25) is 0 Å². The van der Waals surface area contributed by atoms with Crippen molar-refractivity contribution >= 4 is 39.9 Å². The van der Waals surface area contributed by atoms with Crippen molar-refractivity contribution in [1.29, 1.82) is 0 Å². The Morgan fingerprint density at radius 3 is 2.21 bits per heavy atom. The number of carbonyl (C=O) groups is 2. The normalized spacial score (nSPS) is 12.3. The zero-order valence-electron chi connectivity index (χ0n) is 8.39. The zero-order valence-corrected chi connectivity index (χ0v) is 9.96. The number of nitrogens with one attached hydrogen (secondary N) is 1. The van der Waals surface area contributed by atoms with Gasteiger partial charge in [-0.1, -0.05) is 22.9 Å². The third kappa shape index (κ3) is 3.29. The molecule has 0 bridgehead atoms. The lowest BCUT2D eigenvalue weighted by Gasteiger charge is -2.07. The van der Waals surface area contributed by atoms with Crippen molar-refractivity contribution in [1.82, 2.24) is 4.98 Å². The first-order valence-electron chi connectivity index (χ1n) is 4.12. The van der Waals surface area contributed by atoms with Crippen LogP contribution in [-0.2, 0) is 15.5 Å². The second kappa shape index (κ2) is 4.89. The third-order valence-corrected chi connectivity index (χ3v) is 2.80. The Balaban J connectivity index is 3.05. The Hall–Kier alpha value is -1.49. The number of hydrogen-bond donors (Lipinski definition) is 2. The van der Waals surface area contributed by atoms with Crippen molar-refractivity contribution in [2.75, 3.05) is 5.32 Å². The number of nitrogens with zero attached hydrogens (tertiary/aromatic N) is 1. The van der Waals surface area contributed by atoms with Gasteiger partial charge in [0.15, 0.2) is 10.8 Å². The first-order chi connectivity index (χ1) is 8.46. The number of carboxylic acid groups (broad SMARTS) is 1. The minimum Gasteiger partial charge on any atom is -0.476 e. The van der Waals surface area contributed by atoms with Crippen LogP contribution in [0.4, 0.5) is 27.1 Å². The van der Waals surface area contributed by atoms with Gasteiger partial charge in [0.05, 0.1) is 0 Å². The number of amides is 1. The molecule has 12 heteroatoms. The van der Waals surface area contributed by atoms with E-state index in [2.05, 4.69) is 4.98 Å². The van der Waals surface area contributed by atoms with Gasteiger partial charge in [0, 0.05) is 0 Å². The minimum absolute atomic E-state index is 0.0821. The molecule has 1 heterocycles. The maximum atomic E-state index is 13.0. The van der Waals surface area contributed by atoms with E-state index in [-0.39, 0.29) is 11.3 Å². The molecule has 1 aromatic rings. The van der Waals surface area contributed by atoms with Gasteiger partial charge in [0.25, 0.3) is 0 Å². The first kappa shape index (κ1) is 15.6. The molecule has 0 aliphatic rings. The highest BCUT2D eigenvalue weighted by Gasteiger charge is 2.46. The lowest BCUT2D eigenvalue weighted by atomic mass is 10.3. The zero-order chi connectivity index (χ0) is 15.0. The van der Waals surface area contributed by atoms with Crippen molar-refractivity contribution in [3.63, 3.8) is 0 Å². The Labute approximate surface area is 110 Å². The maximum Gasteiger partial charge on any atom is 0.471 e. The van der Waals surface area contributed by atoms with Crippen molar-refractivity contribution in [2.24, 2.45) is 0 Å². The summed E-state index contributed by atoms with van der Waals surface area (Å²) in [7, 11) is 0. The van der Waals surface area contributed by atoms with Gasteiger partial charge in [-0.25, -0.2) is 9.78 Å². The van der Waals surface area contributed by atoms with Gasteiger partial charge in [-0.3, -0.25) is 10.1 Å². The highest BCUT2D eigenvalue weighted by atomic mass is 35.5. The standard InChI is InChI=1S/C7H2ClF5N2O3S/c8-2-1(6(9,10)4(17)18)14-5(19-2)15-3(16)7(11,12)13/h(H,17,18)(H,14,15,16). The summed E-state index contributed by atoms with van der Waals surface area (Å²) in [5.41, 5.74) is -1.44. The molecule has 0 fully saturated rings. The summed E-state index contributed by atoms with van der Waals surface area (Å²) >= 11 is 5.33. The molecule has 0 spiro atoms. The fourth-order valence-corrected chi connectivity index (χ4v) is 1.92. The van der Waals surface area contributed by atoms with Crippen LogP contribution in [0.5, 0.6) is 0 Å². The molecule has 0 radical (unpaired) electrons. The molecule has 0 aliphatic carbocycles. The maximum absolute atomic E-state index is 13.0. The van der Waals surface area contributed by atoms with E-state index in [0.717, 1.165) is 0 Å². The number of hydrogen-bond acceptors (Lipinski definition) is 4. The van der Waals surface area contributed by atoms with E-state index in [1.807, 2.05) is 0 Å². The lowest BCUT2D eigenvalue weighted by Crippen LogP contribution is -2.30. The predicted molar refractivity (Wildman–Crippen MR) is 53.3 cm³/mol. The molecule has 0 unspecified atom stereocenters. The Kier molecular flexibility index (Phi) is 4.00. The molecule has 2 N–H and O–H groups in total. The number of aromatic nitrogens is 1. The van der Waals surface area contributed by atoms with Crippen LogP contribution >= 0.6 is 22.9 Å². The minimum atomic E-state index is -5.24. The number of alkyl halides is 5. The number of thiazole rings is 1. The molecule has 0 atom stereocenters. The molecule has 0 aliphatic heterocycles. The van der Waals surface area contributed by atoms with E-state index in [1.165, 1.54) is 5.32 Å². The Morgan fingerprint density at radius 1 is 1.26 bits per heavy atom. The van der Waals surface area contributed by atoms with E-state index in [0.29, 0.717) is 0 Å². The first-order valence-corrected chi connectivity index (χ1v) is 5.32. The van der Waals surface area contributed by atoms with Crippen LogP contribution in [-0.4, -0.2) is 28.1 Å². The van der Waals surface area contributed by atoms with Crippen molar-refractivity contribution in [2.45, 2.75) is 12.1 Å². The molecule has 0 saturated heterocycles. The van der Waals surface area contributed by atoms with Gasteiger partial charge in [0.1, 0.15) is 4.34 Å². The fourth-order valence-electron chi connectivity index (χ4n) is 0.818. The fraction of sp³-hybridized carbons (Fsp3) is 0.286. The molecule has 19 heavy (non-hydrogen) atoms. The van der Waals surface area contributed by atoms with Crippen LogP contribution in [0.1, 0.15) is 5.69 Å². The molecule has 106 valence electrons. The summed E-state index contributed by atoms with van der Waals surface area (Å²) in [6, 6.07) is 0. The second-order valence-electron chi connectivity index (χ2n) is 2.97. The Bertz CT molecular complexity index is 529. The number of rotatable bonds is 3. The number of anilines is 1. The van der Waals surface area contributed by atoms with Crippen molar-refractivity contribution < 1.29 is 36.6 Å². The van der Waals surface area contributed by atoms with Crippen LogP contribution < -0.4 is 5.32 Å². The molecule has 0 saturated carbocycles. The number of aliphatic carboxylic acids is 1. The quantitative estimate of drug-likeness (QED) is 0.837. The summed E-state index contributed by atoms with van der Waals surface area (Å²) in [6.07, 6.45) is -5.24. The highest BCUT2D eigenvalue weighted by molar-refractivity contribution is 7.19. The summed E-state index contributed by atoms with van der Waals surface area (Å²) in [4.78, 5) is 23.7. The summed E-state index contributed by atoms with van der Waals surface area (Å²) in [5, 5.41) is 8.53. The van der Waals surface area contributed by atoms with E-state index in [1.54, 1.807) is 0 Å². The van der Waals surface area contributed by atoms with E-state index >= 15 is 0 Å².